The van der Waals surface area contributed by atoms with Gasteiger partial charge in [-0.2, -0.15) is 4.31 Å². The molecule has 2 aromatic rings. The minimum absolute atomic E-state index is 0.0841. The monoisotopic (exact) mass is 434 g/mol. The average molecular weight is 435 g/mol. The van der Waals surface area contributed by atoms with Crippen LogP contribution in [0.15, 0.2) is 46.9 Å². The lowest BCUT2D eigenvalue weighted by Gasteiger charge is -2.38. The summed E-state index contributed by atoms with van der Waals surface area (Å²) in [6, 6.07) is 7.41. The van der Waals surface area contributed by atoms with Crippen molar-refractivity contribution in [3.8, 4) is 0 Å². The molecular formula is C20H26N4O3S2. The zero-order valence-electron chi connectivity index (χ0n) is 16.3. The smallest absolute Gasteiger partial charge is 0.244 e. The van der Waals surface area contributed by atoms with Crippen LogP contribution in [0.25, 0.3) is 0 Å². The van der Waals surface area contributed by atoms with E-state index in [0.717, 1.165) is 32.7 Å². The van der Waals surface area contributed by atoms with E-state index >= 15 is 0 Å². The number of piperidine rings is 1. The molecule has 0 N–H and O–H groups in total. The minimum Gasteiger partial charge on any atom is -0.340 e. The molecule has 0 aliphatic carbocycles. The highest BCUT2D eigenvalue weighted by molar-refractivity contribution is 7.89. The molecule has 2 fully saturated rings. The fourth-order valence-electron chi connectivity index (χ4n) is 4.00. The van der Waals surface area contributed by atoms with Crippen LogP contribution in [0.3, 0.4) is 0 Å². The quantitative estimate of drug-likeness (QED) is 0.719. The van der Waals surface area contributed by atoms with Crippen molar-refractivity contribution in [1.82, 2.24) is 19.1 Å². The number of hydrogen-bond acceptors (Lipinski definition) is 6. The molecule has 0 spiro atoms. The molecule has 4 rings (SSSR count). The SMILES string of the molecule is O=C(C1CCN(S(=O)(=O)c2cccnc2)CC1)N1CCN(Cc2cccs2)CC1. The van der Waals surface area contributed by atoms with Gasteiger partial charge in [-0.1, -0.05) is 6.07 Å². The van der Waals surface area contributed by atoms with Gasteiger partial charge in [0.25, 0.3) is 0 Å². The van der Waals surface area contributed by atoms with Gasteiger partial charge in [-0.05, 0) is 36.4 Å². The summed E-state index contributed by atoms with van der Waals surface area (Å²) in [6.07, 6.45) is 4.09. The van der Waals surface area contributed by atoms with E-state index in [2.05, 4.69) is 27.4 Å². The summed E-state index contributed by atoms with van der Waals surface area (Å²) in [5, 5.41) is 2.09. The summed E-state index contributed by atoms with van der Waals surface area (Å²) < 4.78 is 26.9. The number of piperazine rings is 1. The molecule has 0 atom stereocenters. The van der Waals surface area contributed by atoms with Crippen LogP contribution in [-0.4, -0.2) is 72.7 Å². The molecule has 2 saturated heterocycles. The van der Waals surface area contributed by atoms with Crippen LogP contribution in [0.2, 0.25) is 0 Å². The number of carbonyl (C=O) groups is 1. The van der Waals surface area contributed by atoms with Gasteiger partial charge in [0.2, 0.25) is 15.9 Å². The molecule has 0 saturated carbocycles. The highest BCUT2D eigenvalue weighted by Crippen LogP contribution is 2.25. The van der Waals surface area contributed by atoms with Crippen LogP contribution in [0.1, 0.15) is 17.7 Å². The molecule has 7 nitrogen and oxygen atoms in total. The maximum atomic E-state index is 12.9. The number of sulfonamides is 1. The predicted octanol–water partition coefficient (Wildman–Crippen LogP) is 1.89. The lowest BCUT2D eigenvalue weighted by molar-refractivity contribution is -0.138. The van der Waals surface area contributed by atoms with Crippen LogP contribution in [0.5, 0.6) is 0 Å². The van der Waals surface area contributed by atoms with Gasteiger partial charge in [-0.3, -0.25) is 14.7 Å². The molecule has 9 heteroatoms. The lowest BCUT2D eigenvalue weighted by Crippen LogP contribution is -2.51. The number of pyridine rings is 1. The van der Waals surface area contributed by atoms with Crippen LogP contribution in [-0.2, 0) is 21.4 Å². The highest BCUT2D eigenvalue weighted by Gasteiger charge is 2.34. The molecular weight excluding hydrogens is 408 g/mol. The summed E-state index contributed by atoms with van der Waals surface area (Å²) in [5.74, 6) is 0.0957. The first kappa shape index (κ1) is 20.5. The molecule has 156 valence electrons. The summed E-state index contributed by atoms with van der Waals surface area (Å²) >= 11 is 1.77. The Morgan fingerprint density at radius 2 is 1.83 bits per heavy atom. The number of thiophene rings is 1. The van der Waals surface area contributed by atoms with Crippen LogP contribution >= 0.6 is 11.3 Å². The Labute approximate surface area is 176 Å². The second kappa shape index (κ2) is 8.91. The fraction of sp³-hybridized carbons (Fsp3) is 0.500. The van der Waals surface area contributed by atoms with Gasteiger partial charge < -0.3 is 4.90 Å². The highest BCUT2D eigenvalue weighted by atomic mass is 32.2. The van der Waals surface area contributed by atoms with Crippen LogP contribution in [0, 0.1) is 5.92 Å². The Balaban J connectivity index is 1.27. The van der Waals surface area contributed by atoms with E-state index in [1.807, 2.05) is 4.90 Å². The molecule has 2 aliphatic rings. The third-order valence-corrected chi connectivity index (χ3v) is 8.46. The second-order valence-electron chi connectivity index (χ2n) is 7.55. The first-order chi connectivity index (χ1) is 14.0. The van der Waals surface area contributed by atoms with E-state index in [1.54, 1.807) is 29.7 Å². The number of nitrogens with zero attached hydrogens (tertiary/aromatic N) is 4. The second-order valence-corrected chi connectivity index (χ2v) is 10.5. The summed E-state index contributed by atoms with van der Waals surface area (Å²) in [5.41, 5.74) is 0. The standard InChI is InChI=1S/C20H26N4O3S2/c25-20(23-12-10-22(11-13-23)16-18-3-2-14-28-18)17-5-8-24(9-6-17)29(26,27)19-4-1-7-21-15-19/h1-4,7,14-15,17H,5-6,8-13,16H2. The van der Waals surface area contributed by atoms with Crippen LogP contribution in [0.4, 0.5) is 0 Å². The van der Waals surface area contributed by atoms with Crippen molar-refractivity contribution in [3.63, 3.8) is 0 Å². The van der Waals surface area contributed by atoms with Gasteiger partial charge >= 0.3 is 0 Å². The van der Waals surface area contributed by atoms with Crippen molar-refractivity contribution < 1.29 is 13.2 Å². The molecule has 4 heterocycles. The van der Waals surface area contributed by atoms with Gasteiger partial charge in [-0.25, -0.2) is 8.42 Å². The molecule has 0 unspecified atom stereocenters. The van der Waals surface area contributed by atoms with Gasteiger partial charge in [0, 0.05) is 69.0 Å². The number of amides is 1. The maximum Gasteiger partial charge on any atom is 0.244 e. The zero-order valence-corrected chi connectivity index (χ0v) is 17.9. The topological polar surface area (TPSA) is 73.8 Å². The van der Waals surface area contributed by atoms with Crippen molar-refractivity contribution in [2.24, 2.45) is 5.92 Å². The molecule has 2 aliphatic heterocycles. The third kappa shape index (κ3) is 4.69. The van der Waals surface area contributed by atoms with Crippen molar-refractivity contribution in [1.29, 1.82) is 0 Å². The number of aromatic nitrogens is 1. The summed E-state index contributed by atoms with van der Waals surface area (Å²) in [6.45, 7) is 4.98. The van der Waals surface area contributed by atoms with E-state index in [-0.39, 0.29) is 16.7 Å². The van der Waals surface area contributed by atoms with E-state index in [4.69, 9.17) is 0 Å². The molecule has 0 aromatic carbocycles. The van der Waals surface area contributed by atoms with Gasteiger partial charge in [0.1, 0.15) is 4.90 Å². The van der Waals surface area contributed by atoms with E-state index in [1.165, 1.54) is 15.4 Å². The van der Waals surface area contributed by atoms with Crippen molar-refractivity contribution >= 4 is 27.3 Å². The predicted molar refractivity (Wildman–Crippen MR) is 112 cm³/mol. The average Bonchev–Trinajstić information content (AvgIpc) is 3.27. The normalized spacial score (nSPS) is 20.1. The Bertz CT molecular complexity index is 902. The molecule has 29 heavy (non-hydrogen) atoms. The first-order valence-electron chi connectivity index (χ1n) is 9.98. The largest absolute Gasteiger partial charge is 0.340 e. The number of hydrogen-bond donors (Lipinski definition) is 0. The fourth-order valence-corrected chi connectivity index (χ4v) is 6.18. The van der Waals surface area contributed by atoms with Crippen molar-refractivity contribution in [2.45, 2.75) is 24.3 Å². The first-order valence-corrected chi connectivity index (χ1v) is 12.3. The van der Waals surface area contributed by atoms with E-state index < -0.39 is 10.0 Å². The molecule has 0 bridgehead atoms. The summed E-state index contributed by atoms with van der Waals surface area (Å²) in [7, 11) is -3.53. The lowest BCUT2D eigenvalue weighted by atomic mass is 9.96. The third-order valence-electron chi connectivity index (χ3n) is 5.72. The number of rotatable bonds is 5. The minimum atomic E-state index is -3.53. The van der Waals surface area contributed by atoms with Gasteiger partial charge in [0.15, 0.2) is 0 Å². The molecule has 2 aromatic heterocycles. The maximum absolute atomic E-state index is 12.9. The Kier molecular flexibility index (Phi) is 6.29. The van der Waals surface area contributed by atoms with Gasteiger partial charge in [-0.15, -0.1) is 11.3 Å². The van der Waals surface area contributed by atoms with E-state index in [0.29, 0.717) is 25.9 Å². The Hall–Kier alpha value is -1.81. The number of carbonyl (C=O) groups excluding carboxylic acids is 1. The Morgan fingerprint density at radius 1 is 1.07 bits per heavy atom. The molecule has 0 radical (unpaired) electrons. The summed E-state index contributed by atoms with van der Waals surface area (Å²) in [4.78, 5) is 22.8. The van der Waals surface area contributed by atoms with Gasteiger partial charge in [0.05, 0.1) is 0 Å². The van der Waals surface area contributed by atoms with Crippen LogP contribution < -0.4 is 0 Å². The van der Waals surface area contributed by atoms with Crippen molar-refractivity contribution in [3.05, 3.63) is 46.9 Å². The van der Waals surface area contributed by atoms with Crippen molar-refractivity contribution in [2.75, 3.05) is 39.3 Å². The Morgan fingerprint density at radius 3 is 2.45 bits per heavy atom. The molecule has 1 amide bonds. The van der Waals surface area contributed by atoms with E-state index in [9.17, 15) is 13.2 Å². The zero-order chi connectivity index (χ0) is 20.3.